The lowest BCUT2D eigenvalue weighted by Gasteiger charge is -2.39. The molecule has 6 heteroatoms. The second-order valence-corrected chi connectivity index (χ2v) is 7.58. The van der Waals surface area contributed by atoms with Crippen molar-refractivity contribution in [3.63, 3.8) is 0 Å². The van der Waals surface area contributed by atoms with Crippen LogP contribution >= 0.6 is 24.0 Å². The monoisotopic (exact) mass is 366 g/mol. The molecule has 1 heterocycles. The first kappa shape index (κ1) is 19.3. The fourth-order valence-corrected chi connectivity index (χ4v) is 3.53. The number of thiocarbonyl (C=S) groups is 1. The average molecular weight is 367 g/mol. The van der Waals surface area contributed by atoms with Crippen LogP contribution in [0.15, 0.2) is 30.3 Å². The molecule has 1 aliphatic rings. The topological polar surface area (TPSA) is 30.5 Å². The second-order valence-electron chi connectivity index (χ2n) is 6.19. The molecule has 2 N–H and O–H groups in total. The second kappa shape index (κ2) is 10.8. The predicted octanol–water partition coefficient (Wildman–Crippen LogP) is 2.41. The van der Waals surface area contributed by atoms with E-state index in [9.17, 15) is 0 Å². The Morgan fingerprint density at radius 1 is 1.17 bits per heavy atom. The van der Waals surface area contributed by atoms with Gasteiger partial charge in [-0.3, -0.25) is 4.90 Å². The highest BCUT2D eigenvalue weighted by Gasteiger charge is 2.21. The maximum Gasteiger partial charge on any atom is 0.166 e. The minimum Gasteiger partial charge on any atom is -0.369 e. The number of rotatable bonds is 8. The molecule has 1 atom stereocenters. The molecule has 4 nitrogen and oxygen atoms in total. The summed E-state index contributed by atoms with van der Waals surface area (Å²) in [6.07, 6.45) is 3.29. The lowest BCUT2D eigenvalue weighted by molar-refractivity contribution is 0.197. The van der Waals surface area contributed by atoms with Gasteiger partial charge in [0.2, 0.25) is 0 Å². The number of benzene rings is 1. The number of para-hydroxylation sites is 1. The molecule has 0 amide bonds. The summed E-state index contributed by atoms with van der Waals surface area (Å²) in [7, 11) is 0. The van der Waals surface area contributed by atoms with Crippen LogP contribution in [-0.4, -0.2) is 67.3 Å². The quantitative estimate of drug-likeness (QED) is 0.543. The Hall–Kier alpha value is -0.980. The summed E-state index contributed by atoms with van der Waals surface area (Å²) in [5.41, 5.74) is 1.33. The zero-order valence-corrected chi connectivity index (χ0v) is 16.5. The third-order valence-electron chi connectivity index (χ3n) is 4.43. The highest BCUT2D eigenvalue weighted by Crippen LogP contribution is 2.16. The van der Waals surface area contributed by atoms with Gasteiger partial charge in [-0.1, -0.05) is 18.2 Å². The SMILES string of the molecule is CSCCCNC(=S)NC[C@@H](C)N1CCN(c2ccccc2)CC1. The molecule has 0 saturated carbocycles. The van der Waals surface area contributed by atoms with Crippen molar-refractivity contribution in [3.8, 4) is 0 Å². The maximum absolute atomic E-state index is 5.35. The minimum absolute atomic E-state index is 0.494. The van der Waals surface area contributed by atoms with Crippen LogP contribution in [0, 0.1) is 0 Å². The van der Waals surface area contributed by atoms with E-state index in [2.05, 4.69) is 63.9 Å². The number of nitrogens with one attached hydrogen (secondary N) is 2. The van der Waals surface area contributed by atoms with Crippen LogP contribution in [0.4, 0.5) is 5.69 Å². The fraction of sp³-hybridized carbons (Fsp3) is 0.611. The van der Waals surface area contributed by atoms with Crippen LogP contribution in [0.1, 0.15) is 13.3 Å². The third-order valence-corrected chi connectivity index (χ3v) is 5.41. The molecule has 2 rings (SSSR count). The van der Waals surface area contributed by atoms with Crippen LogP contribution in [-0.2, 0) is 0 Å². The molecule has 24 heavy (non-hydrogen) atoms. The zero-order valence-electron chi connectivity index (χ0n) is 14.8. The number of hydrogen-bond donors (Lipinski definition) is 2. The predicted molar refractivity (Wildman–Crippen MR) is 111 cm³/mol. The number of anilines is 1. The van der Waals surface area contributed by atoms with Crippen LogP contribution < -0.4 is 15.5 Å². The average Bonchev–Trinajstić information content (AvgIpc) is 2.64. The molecular weight excluding hydrogens is 336 g/mol. The maximum atomic E-state index is 5.35. The van der Waals surface area contributed by atoms with Gasteiger partial charge in [0.25, 0.3) is 0 Å². The Labute approximate surface area is 156 Å². The summed E-state index contributed by atoms with van der Waals surface area (Å²) in [5, 5.41) is 7.43. The summed E-state index contributed by atoms with van der Waals surface area (Å²) in [6, 6.07) is 11.2. The minimum atomic E-state index is 0.494. The lowest BCUT2D eigenvalue weighted by atomic mass is 10.2. The molecule has 0 bridgehead atoms. The standard InChI is InChI=1S/C18H30N4S2/c1-16(15-20-18(23)19-9-6-14-24-2)21-10-12-22(13-11-21)17-7-4-3-5-8-17/h3-5,7-8,16H,6,9-15H2,1-2H3,(H2,19,20,23)/t16-/m1/s1. The summed E-state index contributed by atoms with van der Waals surface area (Å²) in [5.74, 6) is 1.18. The van der Waals surface area contributed by atoms with E-state index in [1.54, 1.807) is 0 Å². The molecule has 0 aliphatic carbocycles. The molecule has 1 aliphatic heterocycles. The van der Waals surface area contributed by atoms with Crippen molar-refractivity contribution in [3.05, 3.63) is 30.3 Å². The van der Waals surface area contributed by atoms with Gasteiger partial charge in [-0.05, 0) is 49.7 Å². The highest BCUT2D eigenvalue weighted by atomic mass is 32.2. The van der Waals surface area contributed by atoms with E-state index in [1.165, 1.54) is 11.4 Å². The number of thioether (sulfide) groups is 1. The van der Waals surface area contributed by atoms with E-state index in [0.29, 0.717) is 6.04 Å². The van der Waals surface area contributed by atoms with Gasteiger partial charge in [-0.25, -0.2) is 0 Å². The van der Waals surface area contributed by atoms with Crippen LogP contribution in [0.2, 0.25) is 0 Å². The zero-order chi connectivity index (χ0) is 17.2. The first-order chi connectivity index (χ1) is 11.7. The molecule has 0 spiro atoms. The lowest BCUT2D eigenvalue weighted by Crippen LogP contribution is -2.53. The highest BCUT2D eigenvalue weighted by molar-refractivity contribution is 7.98. The van der Waals surface area contributed by atoms with E-state index in [4.69, 9.17) is 12.2 Å². The Morgan fingerprint density at radius 2 is 1.88 bits per heavy atom. The van der Waals surface area contributed by atoms with Crippen molar-refractivity contribution in [2.24, 2.45) is 0 Å². The first-order valence-electron chi connectivity index (χ1n) is 8.75. The van der Waals surface area contributed by atoms with Crippen LogP contribution in [0.3, 0.4) is 0 Å². The van der Waals surface area contributed by atoms with Gasteiger partial charge in [-0.15, -0.1) is 0 Å². The van der Waals surface area contributed by atoms with E-state index < -0.39 is 0 Å². The van der Waals surface area contributed by atoms with E-state index >= 15 is 0 Å². The molecule has 134 valence electrons. The van der Waals surface area contributed by atoms with Gasteiger partial charge in [-0.2, -0.15) is 11.8 Å². The molecule has 1 saturated heterocycles. The van der Waals surface area contributed by atoms with E-state index in [-0.39, 0.29) is 0 Å². The van der Waals surface area contributed by atoms with Crippen molar-refractivity contribution in [1.29, 1.82) is 0 Å². The van der Waals surface area contributed by atoms with Crippen molar-refractivity contribution in [1.82, 2.24) is 15.5 Å². The normalized spacial score (nSPS) is 16.7. The Bertz CT molecular complexity index is 475. The first-order valence-corrected chi connectivity index (χ1v) is 10.6. The Kier molecular flexibility index (Phi) is 8.70. The fourth-order valence-electron chi connectivity index (χ4n) is 2.91. The smallest absolute Gasteiger partial charge is 0.166 e. The van der Waals surface area contributed by atoms with Crippen LogP contribution in [0.5, 0.6) is 0 Å². The third kappa shape index (κ3) is 6.49. The molecule has 1 aromatic rings. The summed E-state index contributed by atoms with van der Waals surface area (Å²) < 4.78 is 0. The summed E-state index contributed by atoms with van der Waals surface area (Å²) >= 11 is 7.22. The molecule has 0 radical (unpaired) electrons. The van der Waals surface area contributed by atoms with Crippen molar-refractivity contribution >= 4 is 34.8 Å². The number of hydrogen-bond acceptors (Lipinski definition) is 4. The van der Waals surface area contributed by atoms with Gasteiger partial charge < -0.3 is 15.5 Å². The van der Waals surface area contributed by atoms with Gasteiger partial charge in [0.05, 0.1) is 0 Å². The molecular formula is C18H30N4S2. The van der Waals surface area contributed by atoms with E-state index in [1.807, 2.05) is 11.8 Å². The molecule has 1 aromatic carbocycles. The van der Waals surface area contributed by atoms with Gasteiger partial charge >= 0.3 is 0 Å². The van der Waals surface area contributed by atoms with Crippen LogP contribution in [0.25, 0.3) is 0 Å². The van der Waals surface area contributed by atoms with Crippen molar-refractivity contribution < 1.29 is 0 Å². The molecule has 0 unspecified atom stereocenters. The van der Waals surface area contributed by atoms with Gasteiger partial charge in [0.15, 0.2) is 5.11 Å². The van der Waals surface area contributed by atoms with Gasteiger partial charge in [0.1, 0.15) is 0 Å². The molecule has 1 fully saturated rings. The number of piperazine rings is 1. The molecule has 0 aromatic heterocycles. The largest absolute Gasteiger partial charge is 0.369 e. The Balaban J connectivity index is 1.64. The van der Waals surface area contributed by atoms with Gasteiger partial charge in [0, 0.05) is 51.0 Å². The van der Waals surface area contributed by atoms with Crippen molar-refractivity contribution in [2.45, 2.75) is 19.4 Å². The summed E-state index contributed by atoms with van der Waals surface area (Å²) in [6.45, 7) is 8.52. The summed E-state index contributed by atoms with van der Waals surface area (Å²) in [4.78, 5) is 5.01. The Morgan fingerprint density at radius 3 is 2.54 bits per heavy atom. The van der Waals surface area contributed by atoms with Crippen molar-refractivity contribution in [2.75, 3.05) is 56.2 Å². The number of nitrogens with zero attached hydrogens (tertiary/aromatic N) is 2. The van der Waals surface area contributed by atoms with E-state index in [0.717, 1.165) is 50.8 Å².